The van der Waals surface area contributed by atoms with Gasteiger partial charge in [0.05, 0.1) is 36.0 Å². The summed E-state index contributed by atoms with van der Waals surface area (Å²) in [5, 5.41) is 4.61. The number of fused-ring (bicyclic) bond motifs is 1. The number of ketones is 1. The van der Waals surface area contributed by atoms with Crippen molar-refractivity contribution in [1.29, 1.82) is 0 Å². The number of aryl methyl sites for hydroxylation is 1. The lowest BCUT2D eigenvalue weighted by molar-refractivity contribution is 0.0959. The Balaban J connectivity index is 1.78. The van der Waals surface area contributed by atoms with Gasteiger partial charge in [0.2, 0.25) is 0 Å². The number of hydrogen-bond acceptors (Lipinski definition) is 4. The van der Waals surface area contributed by atoms with E-state index in [4.69, 9.17) is 9.15 Å². The second-order valence-corrected chi connectivity index (χ2v) is 6.06. The van der Waals surface area contributed by atoms with Crippen LogP contribution in [0.1, 0.15) is 39.8 Å². The second kappa shape index (κ2) is 5.67. The molecule has 2 aromatic heterocycles. The molecule has 0 bridgehead atoms. The summed E-state index contributed by atoms with van der Waals surface area (Å²) >= 11 is 0. The van der Waals surface area contributed by atoms with Crippen molar-refractivity contribution >= 4 is 5.78 Å². The highest BCUT2D eigenvalue weighted by molar-refractivity contribution is 6.00. The maximum atomic E-state index is 12.6. The quantitative estimate of drug-likeness (QED) is 0.738. The monoisotopic (exact) mass is 322 g/mol. The zero-order valence-corrected chi connectivity index (χ0v) is 13.7. The van der Waals surface area contributed by atoms with Gasteiger partial charge in [-0.25, -0.2) is 4.68 Å². The summed E-state index contributed by atoms with van der Waals surface area (Å²) in [7, 11) is 1.64. The summed E-state index contributed by atoms with van der Waals surface area (Å²) < 4.78 is 12.6. The van der Waals surface area contributed by atoms with Gasteiger partial charge in [-0.2, -0.15) is 5.10 Å². The van der Waals surface area contributed by atoms with Crippen LogP contribution in [-0.4, -0.2) is 22.7 Å². The highest BCUT2D eigenvalue weighted by Gasteiger charge is 2.33. The number of ether oxygens (including phenoxy) is 1. The van der Waals surface area contributed by atoms with Gasteiger partial charge >= 0.3 is 0 Å². The van der Waals surface area contributed by atoms with E-state index in [1.54, 1.807) is 13.4 Å². The molecule has 0 radical (unpaired) electrons. The lowest BCUT2D eigenvalue weighted by Crippen LogP contribution is -2.20. The molecule has 0 fully saturated rings. The number of hydrogen-bond donors (Lipinski definition) is 0. The van der Waals surface area contributed by atoms with Gasteiger partial charge in [0.1, 0.15) is 11.5 Å². The Morgan fingerprint density at radius 3 is 2.67 bits per heavy atom. The molecule has 2 heterocycles. The minimum absolute atomic E-state index is 0.0631. The van der Waals surface area contributed by atoms with E-state index in [9.17, 15) is 4.79 Å². The molecule has 1 aliphatic carbocycles. The average Bonchev–Trinajstić information content (AvgIpc) is 3.23. The van der Waals surface area contributed by atoms with Crippen LogP contribution in [0.3, 0.4) is 0 Å². The first-order valence-electron chi connectivity index (χ1n) is 7.97. The van der Waals surface area contributed by atoms with E-state index in [2.05, 4.69) is 5.10 Å². The van der Waals surface area contributed by atoms with Crippen molar-refractivity contribution in [3.05, 3.63) is 65.4 Å². The molecule has 1 aromatic carbocycles. The molecule has 3 aromatic rings. The normalized spacial score (nSPS) is 16.9. The van der Waals surface area contributed by atoms with E-state index in [1.807, 2.05) is 48.0 Å². The maximum Gasteiger partial charge on any atom is 0.167 e. The molecule has 4 rings (SSSR count). The first-order valence-corrected chi connectivity index (χ1v) is 7.97. The molecular weight excluding hydrogens is 304 g/mol. The number of benzene rings is 1. The smallest absolute Gasteiger partial charge is 0.167 e. The molecule has 0 amide bonds. The number of carbonyl (C=O) groups excluding carboxylic acids is 1. The third-order valence-electron chi connectivity index (χ3n) is 4.57. The summed E-state index contributed by atoms with van der Waals surface area (Å²) in [6.45, 7) is 1.89. The molecule has 0 saturated carbocycles. The Morgan fingerprint density at radius 2 is 2.00 bits per heavy atom. The topological polar surface area (TPSA) is 57.3 Å². The van der Waals surface area contributed by atoms with Crippen molar-refractivity contribution in [1.82, 2.24) is 9.78 Å². The van der Waals surface area contributed by atoms with Gasteiger partial charge in [-0.1, -0.05) is 0 Å². The Kier molecular flexibility index (Phi) is 3.49. The Labute approximate surface area is 139 Å². The Bertz CT molecular complexity index is 876. The van der Waals surface area contributed by atoms with E-state index in [0.717, 1.165) is 40.6 Å². The molecule has 0 saturated heterocycles. The Hall–Kier alpha value is -2.82. The van der Waals surface area contributed by atoms with Crippen molar-refractivity contribution in [3.63, 3.8) is 0 Å². The number of carbonyl (C=O) groups is 1. The summed E-state index contributed by atoms with van der Waals surface area (Å²) in [5.74, 6) is 1.85. The third-order valence-corrected chi connectivity index (χ3v) is 4.57. The highest BCUT2D eigenvalue weighted by atomic mass is 16.5. The molecular formula is C19H18N2O3. The SMILES string of the molecule is COc1ccc(-n2nc(C)c3c2CC(c2ccco2)CC3=O)cc1. The summed E-state index contributed by atoms with van der Waals surface area (Å²) in [6.07, 6.45) is 2.86. The van der Waals surface area contributed by atoms with Crippen molar-refractivity contribution in [2.24, 2.45) is 0 Å². The zero-order valence-electron chi connectivity index (χ0n) is 13.7. The lowest BCUT2D eigenvalue weighted by atomic mass is 9.84. The van der Waals surface area contributed by atoms with Crippen LogP contribution in [0.5, 0.6) is 5.75 Å². The molecule has 5 nitrogen and oxygen atoms in total. The minimum Gasteiger partial charge on any atom is -0.497 e. The molecule has 1 aliphatic rings. The fourth-order valence-corrected chi connectivity index (χ4v) is 3.42. The number of methoxy groups -OCH3 is 1. The van der Waals surface area contributed by atoms with Gasteiger partial charge in [0.25, 0.3) is 0 Å². The molecule has 1 atom stereocenters. The largest absolute Gasteiger partial charge is 0.497 e. The first-order chi connectivity index (χ1) is 11.7. The molecule has 5 heteroatoms. The maximum absolute atomic E-state index is 12.6. The van der Waals surface area contributed by atoms with Crippen LogP contribution in [0.25, 0.3) is 5.69 Å². The van der Waals surface area contributed by atoms with E-state index >= 15 is 0 Å². The fraction of sp³-hybridized carbons (Fsp3) is 0.263. The van der Waals surface area contributed by atoms with Crippen LogP contribution in [-0.2, 0) is 6.42 Å². The number of aromatic nitrogens is 2. The zero-order chi connectivity index (χ0) is 16.7. The number of nitrogens with zero attached hydrogens (tertiary/aromatic N) is 2. The van der Waals surface area contributed by atoms with Crippen molar-refractivity contribution in [2.75, 3.05) is 7.11 Å². The predicted molar refractivity (Wildman–Crippen MR) is 89.0 cm³/mol. The van der Waals surface area contributed by atoms with Gasteiger partial charge in [0.15, 0.2) is 5.78 Å². The average molecular weight is 322 g/mol. The van der Waals surface area contributed by atoms with Crippen molar-refractivity contribution in [2.45, 2.75) is 25.7 Å². The molecule has 0 N–H and O–H groups in total. The molecule has 24 heavy (non-hydrogen) atoms. The molecule has 1 unspecified atom stereocenters. The van der Waals surface area contributed by atoms with Crippen LogP contribution < -0.4 is 4.74 Å². The fourth-order valence-electron chi connectivity index (χ4n) is 3.42. The van der Waals surface area contributed by atoms with Gasteiger partial charge in [-0.15, -0.1) is 0 Å². The van der Waals surface area contributed by atoms with Gasteiger partial charge in [-0.05, 0) is 43.3 Å². The van der Waals surface area contributed by atoms with Crippen molar-refractivity contribution in [3.8, 4) is 11.4 Å². The van der Waals surface area contributed by atoms with E-state index in [1.165, 1.54) is 0 Å². The molecule has 0 spiro atoms. The highest BCUT2D eigenvalue weighted by Crippen LogP contribution is 2.35. The second-order valence-electron chi connectivity index (χ2n) is 6.06. The van der Waals surface area contributed by atoms with E-state index < -0.39 is 0 Å². The van der Waals surface area contributed by atoms with Crippen LogP contribution in [0.2, 0.25) is 0 Å². The van der Waals surface area contributed by atoms with Crippen LogP contribution >= 0.6 is 0 Å². The summed E-state index contributed by atoms with van der Waals surface area (Å²) in [6, 6.07) is 11.5. The van der Waals surface area contributed by atoms with Crippen LogP contribution in [0.15, 0.2) is 47.1 Å². The van der Waals surface area contributed by atoms with Crippen LogP contribution in [0.4, 0.5) is 0 Å². The van der Waals surface area contributed by atoms with E-state index in [0.29, 0.717) is 6.42 Å². The Morgan fingerprint density at radius 1 is 1.21 bits per heavy atom. The predicted octanol–water partition coefficient (Wildman–Crippen LogP) is 3.70. The summed E-state index contributed by atoms with van der Waals surface area (Å²) in [4.78, 5) is 12.6. The number of furan rings is 1. The minimum atomic E-state index is 0.0631. The summed E-state index contributed by atoms with van der Waals surface area (Å²) in [5.41, 5.74) is 3.42. The van der Waals surface area contributed by atoms with Gasteiger partial charge in [0, 0.05) is 18.8 Å². The van der Waals surface area contributed by atoms with Gasteiger partial charge in [-0.3, -0.25) is 4.79 Å². The lowest BCUT2D eigenvalue weighted by Gasteiger charge is -2.21. The standard InChI is InChI=1S/C19H18N2O3/c1-12-19-16(10-13(11-17(19)22)18-4-3-9-24-18)21(20-12)14-5-7-15(23-2)8-6-14/h3-9,13H,10-11H2,1-2H3. The molecule has 122 valence electrons. The number of Topliss-reactive ketones (excluding diaryl/α,β-unsaturated/α-hetero) is 1. The first kappa shape index (κ1) is 14.8. The third kappa shape index (κ3) is 2.33. The van der Waals surface area contributed by atoms with Crippen LogP contribution in [0, 0.1) is 6.92 Å². The molecule has 0 aliphatic heterocycles. The van der Waals surface area contributed by atoms with Gasteiger partial charge < -0.3 is 9.15 Å². The number of rotatable bonds is 3. The van der Waals surface area contributed by atoms with Crippen molar-refractivity contribution < 1.29 is 13.9 Å². The van der Waals surface area contributed by atoms with E-state index in [-0.39, 0.29) is 11.7 Å².